The molecule has 0 heterocycles. The minimum absolute atomic E-state index is 0.0229. The van der Waals surface area contributed by atoms with Crippen molar-refractivity contribution in [1.82, 2.24) is 4.72 Å². The van der Waals surface area contributed by atoms with Crippen molar-refractivity contribution >= 4 is 10.0 Å². The molecule has 1 aromatic rings. The van der Waals surface area contributed by atoms with Crippen LogP contribution < -0.4 is 10.5 Å². The highest BCUT2D eigenvalue weighted by Gasteiger charge is 2.37. The Kier molecular flexibility index (Phi) is 4.42. The normalized spacial score (nSPS) is 21.7. The fraction of sp³-hybridized carbons (Fsp3) is 0.600. The summed E-state index contributed by atoms with van der Waals surface area (Å²) in [5, 5.41) is 0. The number of hydrogen-bond acceptors (Lipinski definition) is 3. The Bertz CT molecular complexity index is 641. The van der Waals surface area contributed by atoms with E-state index in [2.05, 4.69) is 18.6 Å². The van der Waals surface area contributed by atoms with Gasteiger partial charge in [0.05, 0.1) is 4.90 Å². The monoisotopic (exact) mass is 314 g/mol. The molecular formula is C15H23FN2O2S. The molecule has 0 spiro atoms. The van der Waals surface area contributed by atoms with Gasteiger partial charge in [-0.05, 0) is 42.9 Å². The summed E-state index contributed by atoms with van der Waals surface area (Å²) in [6.45, 7) is 5.65. The average molecular weight is 314 g/mol. The third kappa shape index (κ3) is 3.27. The Hall–Kier alpha value is -0.980. The van der Waals surface area contributed by atoms with Gasteiger partial charge in [0.15, 0.2) is 0 Å². The van der Waals surface area contributed by atoms with E-state index in [0.717, 1.165) is 19.3 Å². The van der Waals surface area contributed by atoms with Crippen LogP contribution in [0.4, 0.5) is 4.39 Å². The first-order valence-corrected chi connectivity index (χ1v) is 8.67. The van der Waals surface area contributed by atoms with Crippen LogP contribution >= 0.6 is 0 Å². The summed E-state index contributed by atoms with van der Waals surface area (Å²) >= 11 is 0. The zero-order valence-electron chi connectivity index (χ0n) is 12.7. The number of nitrogens with two attached hydrogens (primary N) is 1. The molecule has 21 heavy (non-hydrogen) atoms. The highest BCUT2D eigenvalue weighted by molar-refractivity contribution is 7.89. The van der Waals surface area contributed by atoms with Gasteiger partial charge in [0.1, 0.15) is 5.82 Å². The van der Waals surface area contributed by atoms with Crippen molar-refractivity contribution in [1.29, 1.82) is 0 Å². The summed E-state index contributed by atoms with van der Waals surface area (Å²) in [4.78, 5) is 0.0875. The van der Waals surface area contributed by atoms with Crippen LogP contribution in [-0.2, 0) is 16.6 Å². The van der Waals surface area contributed by atoms with E-state index >= 15 is 0 Å². The Morgan fingerprint density at radius 2 is 2.10 bits per heavy atom. The van der Waals surface area contributed by atoms with Crippen LogP contribution in [0.2, 0.25) is 0 Å². The van der Waals surface area contributed by atoms with Gasteiger partial charge in [-0.1, -0.05) is 20.3 Å². The van der Waals surface area contributed by atoms with Gasteiger partial charge in [-0.25, -0.2) is 17.5 Å². The minimum Gasteiger partial charge on any atom is -0.326 e. The fourth-order valence-electron chi connectivity index (χ4n) is 2.91. The number of nitrogens with one attached hydrogen (secondary N) is 1. The highest BCUT2D eigenvalue weighted by atomic mass is 32.2. The van der Waals surface area contributed by atoms with Gasteiger partial charge in [-0.15, -0.1) is 0 Å². The molecule has 1 saturated carbocycles. The summed E-state index contributed by atoms with van der Waals surface area (Å²) in [6.07, 6.45) is 2.84. The van der Waals surface area contributed by atoms with Gasteiger partial charge in [0.25, 0.3) is 0 Å². The molecule has 1 atom stereocenters. The lowest BCUT2D eigenvalue weighted by Gasteiger charge is -2.27. The molecule has 0 aromatic heterocycles. The quantitative estimate of drug-likeness (QED) is 0.896. The maximum absolute atomic E-state index is 13.8. The maximum Gasteiger partial charge on any atom is 0.240 e. The molecule has 2 rings (SSSR count). The second-order valence-electron chi connectivity index (χ2n) is 6.47. The molecule has 0 amide bonds. The van der Waals surface area contributed by atoms with Crippen molar-refractivity contribution in [3.05, 3.63) is 29.1 Å². The fourth-order valence-corrected chi connectivity index (χ4v) is 4.49. The van der Waals surface area contributed by atoms with Crippen LogP contribution in [0.1, 0.15) is 44.2 Å². The molecule has 0 aliphatic heterocycles. The van der Waals surface area contributed by atoms with E-state index < -0.39 is 15.8 Å². The van der Waals surface area contributed by atoms with Gasteiger partial charge in [-0.3, -0.25) is 0 Å². The first-order valence-electron chi connectivity index (χ1n) is 7.19. The Labute approximate surface area is 126 Å². The maximum atomic E-state index is 13.8. The molecule has 1 fully saturated rings. The molecule has 6 heteroatoms. The molecule has 4 nitrogen and oxygen atoms in total. The zero-order chi connectivity index (χ0) is 15.8. The van der Waals surface area contributed by atoms with Gasteiger partial charge >= 0.3 is 0 Å². The van der Waals surface area contributed by atoms with E-state index in [0.29, 0.717) is 5.56 Å². The molecule has 3 N–H and O–H groups in total. The van der Waals surface area contributed by atoms with Crippen molar-refractivity contribution in [3.63, 3.8) is 0 Å². The molecule has 1 aliphatic rings. The Morgan fingerprint density at radius 3 is 2.62 bits per heavy atom. The van der Waals surface area contributed by atoms with Crippen LogP contribution in [-0.4, -0.2) is 14.5 Å². The predicted octanol–water partition coefficient (Wildman–Crippen LogP) is 2.45. The number of rotatable bonds is 4. The smallest absolute Gasteiger partial charge is 0.240 e. The van der Waals surface area contributed by atoms with Gasteiger partial charge in [0.2, 0.25) is 10.0 Å². The zero-order valence-corrected chi connectivity index (χ0v) is 13.6. The van der Waals surface area contributed by atoms with Gasteiger partial charge in [-0.2, -0.15) is 0 Å². The van der Waals surface area contributed by atoms with E-state index in [1.54, 1.807) is 6.92 Å². The molecule has 118 valence electrons. The summed E-state index contributed by atoms with van der Waals surface area (Å²) in [7, 11) is -3.66. The number of hydrogen-bond donors (Lipinski definition) is 2. The molecule has 0 saturated heterocycles. The molecule has 0 radical (unpaired) electrons. The molecule has 1 aliphatic carbocycles. The number of aryl methyl sites for hydroxylation is 1. The number of sulfonamides is 1. The van der Waals surface area contributed by atoms with Crippen molar-refractivity contribution in [2.75, 3.05) is 0 Å². The molecular weight excluding hydrogens is 291 g/mol. The Morgan fingerprint density at radius 1 is 1.43 bits per heavy atom. The third-order valence-electron chi connectivity index (χ3n) is 4.39. The van der Waals surface area contributed by atoms with E-state index in [1.807, 2.05) is 0 Å². The molecule has 1 aromatic carbocycles. The van der Waals surface area contributed by atoms with Crippen LogP contribution in [0.25, 0.3) is 0 Å². The topological polar surface area (TPSA) is 72.2 Å². The molecule has 1 unspecified atom stereocenters. The largest absolute Gasteiger partial charge is 0.326 e. The van der Waals surface area contributed by atoms with E-state index in [-0.39, 0.29) is 28.5 Å². The number of halogens is 1. The first-order chi connectivity index (χ1) is 9.67. The summed E-state index contributed by atoms with van der Waals surface area (Å²) in [5.74, 6) is -0.433. The van der Waals surface area contributed by atoms with Gasteiger partial charge in [0, 0.05) is 18.2 Å². The molecule has 0 bridgehead atoms. The second-order valence-corrected chi connectivity index (χ2v) is 8.19. The van der Waals surface area contributed by atoms with E-state index in [1.165, 1.54) is 12.1 Å². The lowest BCUT2D eigenvalue weighted by molar-refractivity contribution is 0.313. The summed E-state index contributed by atoms with van der Waals surface area (Å²) in [5.41, 5.74) is 5.95. The van der Waals surface area contributed by atoms with E-state index in [9.17, 15) is 12.8 Å². The van der Waals surface area contributed by atoms with Crippen LogP contribution in [0.5, 0.6) is 0 Å². The third-order valence-corrected chi connectivity index (χ3v) is 5.84. The minimum atomic E-state index is -3.66. The van der Waals surface area contributed by atoms with Crippen LogP contribution in [0.3, 0.4) is 0 Å². The summed E-state index contributed by atoms with van der Waals surface area (Å²) < 4.78 is 41.6. The van der Waals surface area contributed by atoms with Gasteiger partial charge < -0.3 is 5.73 Å². The predicted molar refractivity (Wildman–Crippen MR) is 80.8 cm³/mol. The Balaban J connectivity index is 2.34. The van der Waals surface area contributed by atoms with Crippen LogP contribution in [0, 0.1) is 18.2 Å². The number of benzene rings is 1. The first kappa shape index (κ1) is 16.4. The SMILES string of the molecule is Cc1cc(S(=O)(=O)NC2CCCC2(C)C)cc(CN)c1F. The second kappa shape index (κ2) is 5.66. The van der Waals surface area contributed by atoms with Crippen molar-refractivity contribution in [2.45, 2.75) is 57.5 Å². The van der Waals surface area contributed by atoms with Crippen LogP contribution in [0.15, 0.2) is 17.0 Å². The lowest BCUT2D eigenvalue weighted by atomic mass is 9.88. The van der Waals surface area contributed by atoms with Crippen molar-refractivity contribution < 1.29 is 12.8 Å². The van der Waals surface area contributed by atoms with Crippen molar-refractivity contribution in [3.8, 4) is 0 Å². The average Bonchev–Trinajstić information content (AvgIpc) is 2.71. The summed E-state index contributed by atoms with van der Waals surface area (Å²) in [6, 6.07) is 2.60. The van der Waals surface area contributed by atoms with Crippen molar-refractivity contribution in [2.24, 2.45) is 11.1 Å². The highest BCUT2D eigenvalue weighted by Crippen LogP contribution is 2.38. The lowest BCUT2D eigenvalue weighted by Crippen LogP contribution is -2.41. The standard InChI is InChI=1S/C15H23FN2O2S/c1-10-7-12(8-11(9-17)14(10)16)21(19,20)18-13-5-4-6-15(13,2)3/h7-8,13,18H,4-6,9,17H2,1-3H3. The van der Waals surface area contributed by atoms with E-state index in [4.69, 9.17) is 5.73 Å².